The molecule has 26 heavy (non-hydrogen) atoms. The number of carbonyl (C=O) groups is 1. The lowest BCUT2D eigenvalue weighted by Crippen LogP contribution is -2.35. The molecule has 3 rings (SSSR count). The van der Waals surface area contributed by atoms with Crippen LogP contribution in [0.25, 0.3) is 0 Å². The minimum atomic E-state index is -2.87. The Morgan fingerprint density at radius 3 is 2.35 bits per heavy atom. The molecule has 0 spiro atoms. The summed E-state index contributed by atoms with van der Waals surface area (Å²) in [5.41, 5.74) is 2.18. The summed E-state index contributed by atoms with van der Waals surface area (Å²) in [6.07, 6.45) is 0. The third kappa shape index (κ3) is 5.24. The summed E-state index contributed by atoms with van der Waals surface area (Å²) in [6.45, 7) is 1.28. The topological polar surface area (TPSA) is 50.8 Å². The van der Waals surface area contributed by atoms with Gasteiger partial charge in [0.25, 0.3) is 5.91 Å². The molecule has 0 aliphatic carbocycles. The average molecular weight is 362 g/mol. The highest BCUT2D eigenvalue weighted by Gasteiger charge is 2.12. The maximum Gasteiger partial charge on any atom is 0.387 e. The van der Waals surface area contributed by atoms with Crippen molar-refractivity contribution in [3.63, 3.8) is 0 Å². The molecule has 138 valence electrons. The number of halogens is 2. The van der Waals surface area contributed by atoms with Crippen LogP contribution in [0.15, 0.2) is 48.5 Å². The molecule has 1 fully saturated rings. The van der Waals surface area contributed by atoms with Crippen LogP contribution in [0.3, 0.4) is 0 Å². The van der Waals surface area contributed by atoms with Crippen LogP contribution in [0.1, 0.15) is 15.9 Å². The second-order valence-electron chi connectivity index (χ2n) is 5.94. The number of ether oxygens (including phenoxy) is 2. The summed E-state index contributed by atoms with van der Waals surface area (Å²) in [7, 11) is 0. The molecule has 1 aliphatic rings. The number of nitrogens with one attached hydrogen (secondary N) is 1. The second kappa shape index (κ2) is 8.73. The standard InChI is InChI=1S/C19H20F2N2O3/c20-19(21)26-17-7-5-16(6-8-17)22-18(24)15-3-1-14(2-4-15)13-23-9-11-25-12-10-23/h1-8,19H,9-13H2,(H,22,24). The van der Waals surface area contributed by atoms with E-state index in [1.807, 2.05) is 12.1 Å². The van der Waals surface area contributed by atoms with E-state index < -0.39 is 6.61 Å². The van der Waals surface area contributed by atoms with Gasteiger partial charge in [-0.2, -0.15) is 8.78 Å². The van der Waals surface area contributed by atoms with Crippen LogP contribution in [-0.4, -0.2) is 43.7 Å². The molecule has 0 bridgehead atoms. The predicted octanol–water partition coefficient (Wildman–Crippen LogP) is 3.37. The van der Waals surface area contributed by atoms with E-state index in [1.165, 1.54) is 24.3 Å². The van der Waals surface area contributed by atoms with E-state index in [1.54, 1.807) is 12.1 Å². The molecule has 0 aromatic heterocycles. The molecule has 7 heteroatoms. The van der Waals surface area contributed by atoms with Crippen LogP contribution in [0.4, 0.5) is 14.5 Å². The number of carbonyl (C=O) groups excluding carboxylic acids is 1. The Hall–Kier alpha value is -2.51. The van der Waals surface area contributed by atoms with Crippen LogP contribution in [0.2, 0.25) is 0 Å². The first kappa shape index (κ1) is 18.3. The van der Waals surface area contributed by atoms with Crippen molar-refractivity contribution in [2.75, 3.05) is 31.6 Å². The number of nitrogens with zero attached hydrogens (tertiary/aromatic N) is 1. The van der Waals surface area contributed by atoms with E-state index in [-0.39, 0.29) is 11.7 Å². The van der Waals surface area contributed by atoms with Gasteiger partial charge in [-0.1, -0.05) is 12.1 Å². The molecule has 5 nitrogen and oxygen atoms in total. The van der Waals surface area contributed by atoms with E-state index in [2.05, 4.69) is 15.0 Å². The van der Waals surface area contributed by atoms with Crippen molar-refractivity contribution in [1.82, 2.24) is 4.90 Å². The van der Waals surface area contributed by atoms with E-state index in [0.29, 0.717) is 11.3 Å². The molecule has 1 amide bonds. The van der Waals surface area contributed by atoms with Gasteiger partial charge in [-0.05, 0) is 42.0 Å². The van der Waals surface area contributed by atoms with Crippen molar-refractivity contribution in [2.45, 2.75) is 13.2 Å². The monoisotopic (exact) mass is 362 g/mol. The first-order valence-corrected chi connectivity index (χ1v) is 8.35. The molecule has 2 aromatic carbocycles. The smallest absolute Gasteiger partial charge is 0.387 e. The summed E-state index contributed by atoms with van der Waals surface area (Å²) in [4.78, 5) is 14.6. The number of morpholine rings is 1. The van der Waals surface area contributed by atoms with Gasteiger partial charge in [-0.15, -0.1) is 0 Å². The van der Waals surface area contributed by atoms with Crippen LogP contribution < -0.4 is 10.1 Å². The molecular weight excluding hydrogens is 342 g/mol. The molecule has 1 aliphatic heterocycles. The fourth-order valence-corrected chi connectivity index (χ4v) is 2.70. The number of rotatable bonds is 6. The lowest BCUT2D eigenvalue weighted by Gasteiger charge is -2.26. The lowest BCUT2D eigenvalue weighted by atomic mass is 10.1. The van der Waals surface area contributed by atoms with Gasteiger partial charge in [-0.25, -0.2) is 0 Å². The Labute approximate surface area is 150 Å². The molecule has 1 N–H and O–H groups in total. The number of alkyl halides is 2. The summed E-state index contributed by atoms with van der Waals surface area (Å²) in [5, 5.41) is 2.73. The van der Waals surface area contributed by atoms with E-state index >= 15 is 0 Å². The van der Waals surface area contributed by atoms with Crippen LogP contribution >= 0.6 is 0 Å². The zero-order valence-electron chi connectivity index (χ0n) is 14.2. The van der Waals surface area contributed by atoms with Gasteiger partial charge in [0.2, 0.25) is 0 Å². The Morgan fingerprint density at radius 2 is 1.73 bits per heavy atom. The van der Waals surface area contributed by atoms with E-state index in [4.69, 9.17) is 4.74 Å². The Balaban J connectivity index is 1.55. The first-order valence-electron chi connectivity index (χ1n) is 8.35. The highest BCUT2D eigenvalue weighted by Crippen LogP contribution is 2.18. The largest absolute Gasteiger partial charge is 0.435 e. The number of amides is 1. The minimum Gasteiger partial charge on any atom is -0.435 e. The summed E-state index contributed by atoms with van der Waals surface area (Å²) in [5.74, 6) is -0.212. The van der Waals surface area contributed by atoms with Crippen LogP contribution in [0, 0.1) is 0 Å². The maximum atomic E-state index is 12.3. The van der Waals surface area contributed by atoms with Crippen LogP contribution in [0.5, 0.6) is 5.75 Å². The molecule has 0 atom stereocenters. The summed E-state index contributed by atoms with van der Waals surface area (Å²) in [6, 6.07) is 13.2. The number of hydrogen-bond acceptors (Lipinski definition) is 4. The second-order valence-corrected chi connectivity index (χ2v) is 5.94. The average Bonchev–Trinajstić information content (AvgIpc) is 2.64. The molecule has 0 saturated carbocycles. The Bertz CT molecular complexity index is 715. The fraction of sp³-hybridized carbons (Fsp3) is 0.316. The quantitative estimate of drug-likeness (QED) is 0.856. The van der Waals surface area contributed by atoms with Crippen molar-refractivity contribution in [3.05, 3.63) is 59.7 Å². The van der Waals surface area contributed by atoms with Gasteiger partial charge in [0.1, 0.15) is 5.75 Å². The molecule has 1 saturated heterocycles. The number of anilines is 1. The fourth-order valence-electron chi connectivity index (χ4n) is 2.70. The van der Waals surface area contributed by atoms with Gasteiger partial charge in [0, 0.05) is 30.9 Å². The van der Waals surface area contributed by atoms with Crippen molar-refractivity contribution < 1.29 is 23.0 Å². The van der Waals surface area contributed by atoms with Gasteiger partial charge in [-0.3, -0.25) is 9.69 Å². The molecule has 2 aromatic rings. The molecule has 0 radical (unpaired) electrons. The predicted molar refractivity (Wildman–Crippen MR) is 93.6 cm³/mol. The number of benzene rings is 2. The van der Waals surface area contributed by atoms with E-state index in [9.17, 15) is 13.6 Å². The summed E-state index contributed by atoms with van der Waals surface area (Å²) >= 11 is 0. The lowest BCUT2D eigenvalue weighted by molar-refractivity contribution is -0.0498. The SMILES string of the molecule is O=C(Nc1ccc(OC(F)F)cc1)c1ccc(CN2CCOCC2)cc1. The molecule has 0 unspecified atom stereocenters. The van der Waals surface area contributed by atoms with Crippen molar-refractivity contribution in [2.24, 2.45) is 0 Å². The van der Waals surface area contributed by atoms with Gasteiger partial charge in [0.05, 0.1) is 13.2 Å². The normalized spacial score (nSPS) is 15.0. The highest BCUT2D eigenvalue weighted by molar-refractivity contribution is 6.04. The number of hydrogen-bond donors (Lipinski definition) is 1. The Morgan fingerprint density at radius 1 is 1.08 bits per heavy atom. The first-order chi connectivity index (χ1) is 12.6. The van der Waals surface area contributed by atoms with Crippen molar-refractivity contribution >= 4 is 11.6 Å². The van der Waals surface area contributed by atoms with Crippen molar-refractivity contribution in [1.29, 1.82) is 0 Å². The summed E-state index contributed by atoms with van der Waals surface area (Å²) < 4.78 is 33.9. The van der Waals surface area contributed by atoms with Crippen LogP contribution in [-0.2, 0) is 11.3 Å². The van der Waals surface area contributed by atoms with E-state index in [0.717, 1.165) is 38.4 Å². The van der Waals surface area contributed by atoms with Gasteiger partial charge < -0.3 is 14.8 Å². The highest BCUT2D eigenvalue weighted by atomic mass is 19.3. The van der Waals surface area contributed by atoms with Gasteiger partial charge >= 0.3 is 6.61 Å². The Kier molecular flexibility index (Phi) is 6.14. The maximum absolute atomic E-state index is 12.3. The zero-order chi connectivity index (χ0) is 18.4. The third-order valence-corrected chi connectivity index (χ3v) is 4.06. The van der Waals surface area contributed by atoms with Gasteiger partial charge in [0.15, 0.2) is 0 Å². The van der Waals surface area contributed by atoms with Crippen molar-refractivity contribution in [3.8, 4) is 5.75 Å². The third-order valence-electron chi connectivity index (χ3n) is 4.06. The molecule has 1 heterocycles. The zero-order valence-corrected chi connectivity index (χ0v) is 14.2. The minimum absolute atomic E-state index is 0.0467. The molecular formula is C19H20F2N2O3.